The molecule has 1 aliphatic rings. The van der Waals surface area contributed by atoms with E-state index >= 15 is 0 Å². The van der Waals surface area contributed by atoms with Crippen LogP contribution in [0.4, 0.5) is 5.82 Å². The summed E-state index contributed by atoms with van der Waals surface area (Å²) in [7, 11) is 0. The summed E-state index contributed by atoms with van der Waals surface area (Å²) in [5.74, 6) is 2.41. The zero-order valence-corrected chi connectivity index (χ0v) is 12.0. The highest BCUT2D eigenvalue weighted by molar-refractivity contribution is 5.41. The summed E-state index contributed by atoms with van der Waals surface area (Å²) in [5, 5.41) is 18.8. The summed E-state index contributed by atoms with van der Waals surface area (Å²) in [6.07, 6.45) is 1.35. The fourth-order valence-electron chi connectivity index (χ4n) is 3.06. The van der Waals surface area contributed by atoms with Gasteiger partial charge in [-0.25, -0.2) is 0 Å². The average Bonchev–Trinajstić information content (AvgIpc) is 2.85. The topological polar surface area (TPSA) is 71.2 Å². The van der Waals surface area contributed by atoms with E-state index in [-0.39, 0.29) is 0 Å². The van der Waals surface area contributed by atoms with Crippen LogP contribution in [-0.4, -0.2) is 56.3 Å². The van der Waals surface area contributed by atoms with Crippen LogP contribution in [0.2, 0.25) is 0 Å². The minimum Gasteiger partial charge on any atom is -0.367 e. The summed E-state index contributed by atoms with van der Waals surface area (Å²) in [6.45, 7) is 9.01. The van der Waals surface area contributed by atoms with Gasteiger partial charge < -0.3 is 10.2 Å². The van der Waals surface area contributed by atoms with Gasteiger partial charge in [-0.05, 0) is 40.8 Å². The van der Waals surface area contributed by atoms with Gasteiger partial charge in [-0.2, -0.15) is 0 Å². The van der Waals surface area contributed by atoms with Gasteiger partial charge in [0.2, 0.25) is 0 Å². The first-order valence-corrected chi connectivity index (χ1v) is 7.22. The van der Waals surface area contributed by atoms with Crippen molar-refractivity contribution in [2.24, 2.45) is 11.8 Å². The van der Waals surface area contributed by atoms with Crippen LogP contribution < -0.4 is 5.32 Å². The largest absolute Gasteiger partial charge is 0.367 e. The van der Waals surface area contributed by atoms with E-state index in [4.69, 9.17) is 0 Å². The molecule has 2 atom stereocenters. The number of piperidine rings is 1. The zero-order valence-electron chi connectivity index (χ0n) is 12.0. The zero-order chi connectivity index (χ0) is 13.9. The van der Waals surface area contributed by atoms with Crippen molar-refractivity contribution in [2.45, 2.75) is 20.3 Å². The lowest BCUT2D eigenvalue weighted by Crippen LogP contribution is -2.41. The molecule has 2 aromatic rings. The Morgan fingerprint density at radius 3 is 2.85 bits per heavy atom. The molecule has 2 aromatic heterocycles. The highest BCUT2D eigenvalue weighted by Crippen LogP contribution is 2.20. The minimum atomic E-state index is 0.661. The first-order valence-electron chi connectivity index (χ1n) is 7.22. The van der Waals surface area contributed by atoms with Crippen LogP contribution in [0.25, 0.3) is 5.65 Å². The fourth-order valence-corrected chi connectivity index (χ4v) is 3.06. The molecule has 0 aliphatic carbocycles. The Morgan fingerprint density at radius 2 is 2.05 bits per heavy atom. The molecule has 3 heterocycles. The molecule has 0 aromatic carbocycles. The summed E-state index contributed by atoms with van der Waals surface area (Å²) < 4.78 is 1.44. The Bertz CT molecular complexity index is 557. The Hall–Kier alpha value is -1.76. The minimum absolute atomic E-state index is 0.661. The van der Waals surface area contributed by atoms with Crippen LogP contribution in [0, 0.1) is 11.8 Å². The van der Waals surface area contributed by atoms with E-state index in [0.717, 1.165) is 30.7 Å². The molecule has 7 heteroatoms. The Labute approximate surface area is 118 Å². The number of anilines is 1. The van der Waals surface area contributed by atoms with Crippen LogP contribution in [-0.2, 0) is 0 Å². The molecule has 0 radical (unpaired) electrons. The maximum Gasteiger partial charge on any atom is 0.200 e. The van der Waals surface area contributed by atoms with Crippen molar-refractivity contribution in [3.8, 4) is 0 Å². The number of tetrazole rings is 1. The quantitative estimate of drug-likeness (QED) is 0.894. The second-order valence-corrected chi connectivity index (χ2v) is 5.88. The summed E-state index contributed by atoms with van der Waals surface area (Å²) in [5.41, 5.74) is 0.661. The summed E-state index contributed by atoms with van der Waals surface area (Å²) in [6, 6.07) is 3.77. The summed E-state index contributed by atoms with van der Waals surface area (Å²) in [4.78, 5) is 2.53. The van der Waals surface area contributed by atoms with Crippen molar-refractivity contribution >= 4 is 11.5 Å². The molecule has 1 aliphatic heterocycles. The lowest BCUT2D eigenvalue weighted by atomic mass is 9.92. The second kappa shape index (κ2) is 5.70. The molecule has 1 saturated heterocycles. The molecule has 20 heavy (non-hydrogen) atoms. The molecule has 0 bridgehead atoms. The predicted octanol–water partition coefficient (Wildman–Crippen LogP) is 0.909. The average molecular weight is 275 g/mol. The standard InChI is InChI=1S/C13H21N7/c1-10-7-11(2)9-19(8-10)6-5-14-12-3-4-13-15-17-18-20(13)16-12/h3-4,10-11H,5-9H2,1-2H3,(H,14,16)/t10-,11-/m0/s1. The van der Waals surface area contributed by atoms with Gasteiger partial charge in [0.15, 0.2) is 5.65 Å². The Morgan fingerprint density at radius 1 is 1.25 bits per heavy atom. The number of aromatic nitrogens is 5. The van der Waals surface area contributed by atoms with Gasteiger partial charge in [0.1, 0.15) is 5.82 Å². The van der Waals surface area contributed by atoms with E-state index < -0.39 is 0 Å². The van der Waals surface area contributed by atoms with E-state index in [1.54, 1.807) is 0 Å². The predicted molar refractivity (Wildman–Crippen MR) is 76.5 cm³/mol. The van der Waals surface area contributed by atoms with E-state index in [2.05, 4.69) is 44.7 Å². The Balaban J connectivity index is 1.51. The first-order chi connectivity index (χ1) is 9.70. The number of hydrogen-bond acceptors (Lipinski definition) is 6. The van der Waals surface area contributed by atoms with Crippen molar-refractivity contribution in [3.05, 3.63) is 12.1 Å². The Kier molecular flexibility index (Phi) is 3.77. The molecule has 0 unspecified atom stereocenters. The molecule has 0 spiro atoms. The van der Waals surface area contributed by atoms with Gasteiger partial charge in [0.05, 0.1) is 0 Å². The molecule has 0 amide bonds. The van der Waals surface area contributed by atoms with Crippen LogP contribution in [0.5, 0.6) is 0 Å². The molecule has 1 fully saturated rings. The van der Waals surface area contributed by atoms with Crippen molar-refractivity contribution in [1.29, 1.82) is 0 Å². The van der Waals surface area contributed by atoms with Gasteiger partial charge >= 0.3 is 0 Å². The number of nitrogens with zero attached hydrogens (tertiary/aromatic N) is 6. The third-order valence-electron chi connectivity index (χ3n) is 3.75. The van der Waals surface area contributed by atoms with Gasteiger partial charge in [-0.15, -0.1) is 14.8 Å². The van der Waals surface area contributed by atoms with E-state index in [1.165, 1.54) is 24.1 Å². The lowest BCUT2D eigenvalue weighted by Gasteiger charge is -2.34. The smallest absolute Gasteiger partial charge is 0.200 e. The first kappa shape index (κ1) is 13.2. The van der Waals surface area contributed by atoms with Crippen LogP contribution in [0.1, 0.15) is 20.3 Å². The third-order valence-corrected chi connectivity index (χ3v) is 3.75. The molecule has 0 saturated carbocycles. The highest BCUT2D eigenvalue weighted by Gasteiger charge is 2.21. The fraction of sp³-hybridized carbons (Fsp3) is 0.692. The van der Waals surface area contributed by atoms with Gasteiger partial charge in [0.25, 0.3) is 0 Å². The van der Waals surface area contributed by atoms with Crippen LogP contribution >= 0.6 is 0 Å². The molecule has 108 valence electrons. The van der Waals surface area contributed by atoms with Gasteiger partial charge in [0, 0.05) is 26.2 Å². The number of likely N-dealkylation sites (tertiary alicyclic amines) is 1. The number of fused-ring (bicyclic) bond motifs is 1. The third kappa shape index (κ3) is 3.04. The highest BCUT2D eigenvalue weighted by atomic mass is 15.6. The normalized spacial score (nSPS) is 24.1. The number of nitrogens with one attached hydrogen (secondary N) is 1. The number of rotatable bonds is 4. The summed E-state index contributed by atoms with van der Waals surface area (Å²) >= 11 is 0. The van der Waals surface area contributed by atoms with Crippen LogP contribution in [0.3, 0.4) is 0 Å². The van der Waals surface area contributed by atoms with Crippen molar-refractivity contribution in [3.63, 3.8) is 0 Å². The maximum absolute atomic E-state index is 4.30. The van der Waals surface area contributed by atoms with Crippen molar-refractivity contribution in [2.75, 3.05) is 31.5 Å². The second-order valence-electron chi connectivity index (χ2n) is 5.88. The van der Waals surface area contributed by atoms with E-state index in [9.17, 15) is 0 Å². The van der Waals surface area contributed by atoms with E-state index in [1.807, 2.05) is 12.1 Å². The van der Waals surface area contributed by atoms with E-state index in [0.29, 0.717) is 5.65 Å². The lowest BCUT2D eigenvalue weighted by molar-refractivity contribution is 0.146. The van der Waals surface area contributed by atoms with Gasteiger partial charge in [-0.3, -0.25) is 0 Å². The molecule has 3 rings (SSSR count). The van der Waals surface area contributed by atoms with Crippen LogP contribution in [0.15, 0.2) is 12.1 Å². The molecular weight excluding hydrogens is 254 g/mol. The number of hydrogen-bond donors (Lipinski definition) is 1. The molecule has 1 N–H and O–H groups in total. The SMILES string of the molecule is C[C@H]1C[C@H](C)CN(CCNc2ccc3nnnn3n2)C1. The van der Waals surface area contributed by atoms with Crippen molar-refractivity contribution < 1.29 is 0 Å². The molecular formula is C13H21N7. The van der Waals surface area contributed by atoms with Gasteiger partial charge in [-0.1, -0.05) is 13.8 Å². The maximum atomic E-state index is 4.30. The van der Waals surface area contributed by atoms with Crippen molar-refractivity contribution in [1.82, 2.24) is 30.2 Å². The monoisotopic (exact) mass is 275 g/mol. The molecule has 7 nitrogen and oxygen atoms in total.